The van der Waals surface area contributed by atoms with E-state index in [1.54, 1.807) is 48.7 Å². The zero-order valence-corrected chi connectivity index (χ0v) is 45.7. The van der Waals surface area contributed by atoms with E-state index in [0.29, 0.717) is 72.6 Å². The minimum Gasteiger partial charge on any atom is -0.382 e. The average Bonchev–Trinajstić information content (AvgIpc) is 4.20. The van der Waals surface area contributed by atoms with Crippen molar-refractivity contribution in [1.82, 2.24) is 50.7 Å². The zero-order valence-electron chi connectivity index (χ0n) is 45.7. The topological polar surface area (TPSA) is 245 Å². The maximum atomic E-state index is 14.8. The van der Waals surface area contributed by atoms with E-state index in [1.807, 2.05) is 64.1 Å². The lowest BCUT2D eigenvalue weighted by atomic mass is 9.85. The molecule has 3 aliphatic heterocycles. The van der Waals surface area contributed by atoms with E-state index >= 15 is 0 Å². The molecular weight excluding hydrogens is 986 g/mol. The molecule has 2 aromatic carbocycles. The standard InChI is InChI=1S/C56H76FN13O7/c1-9-42(36-14-11-10-12-15-36)63-53(73)46-30-39(33-69(46)55(75)50(56(3,4)5)64-52(72)35(2)60-6)61-20-25-77-27-26-76-24-19-48(71)66(7)22-23-70-47-34-67(8)54(74)40-18-17-38(57)29-41(40)44-16-13-21-68(44)45-28-37(32-62-51(45)59)49(47)43(31-58)65-70/h10-12,14-15,17-18,28-29,32,35,39,42,44,46,50,60-61H,9,13,16,19-27,30,33-34H2,1-8H3,(H2,59,62)(H,63,73)(H,64,72)/t35-,39-,42+,44-,46-,50+/m1/s1. The third-order valence-electron chi connectivity index (χ3n) is 14.9. The van der Waals surface area contributed by atoms with Crippen molar-refractivity contribution in [3.8, 4) is 17.2 Å². The Morgan fingerprint density at radius 1 is 1.04 bits per heavy atom. The lowest BCUT2D eigenvalue weighted by Crippen LogP contribution is -2.59. The van der Waals surface area contributed by atoms with Gasteiger partial charge < -0.3 is 56.1 Å². The van der Waals surface area contributed by atoms with Gasteiger partial charge in [-0.25, -0.2) is 9.37 Å². The van der Waals surface area contributed by atoms with Crippen LogP contribution in [0.3, 0.4) is 0 Å². The monoisotopic (exact) mass is 1060 g/mol. The molecule has 5 amide bonds. The van der Waals surface area contributed by atoms with Crippen LogP contribution in [-0.4, -0.2) is 157 Å². The van der Waals surface area contributed by atoms with E-state index in [1.165, 1.54) is 23.1 Å². The lowest BCUT2D eigenvalue weighted by Gasteiger charge is -2.36. The summed E-state index contributed by atoms with van der Waals surface area (Å²) < 4.78 is 28.1. The molecule has 2 bridgehead atoms. The second-order valence-electron chi connectivity index (χ2n) is 21.3. The molecule has 7 rings (SSSR count). The van der Waals surface area contributed by atoms with Crippen molar-refractivity contribution in [3.05, 3.63) is 94.7 Å². The molecule has 0 radical (unpaired) electrons. The van der Waals surface area contributed by atoms with Gasteiger partial charge in [-0.3, -0.25) is 28.7 Å². The Bertz CT molecular complexity index is 2780. The fraction of sp³-hybridized carbons (Fsp3) is 0.536. The van der Waals surface area contributed by atoms with E-state index in [-0.39, 0.29) is 112 Å². The number of hydrogen-bond donors (Lipinski definition) is 5. The molecule has 0 aliphatic carbocycles. The van der Waals surface area contributed by atoms with E-state index < -0.39 is 29.4 Å². The van der Waals surface area contributed by atoms with Gasteiger partial charge in [-0.05, 0) is 80.5 Å². The normalized spacial score (nSPS) is 18.5. The molecule has 6 N–H and O–H groups in total. The molecule has 0 unspecified atom stereocenters. The highest BCUT2D eigenvalue weighted by Gasteiger charge is 2.45. The fourth-order valence-electron chi connectivity index (χ4n) is 10.4. The molecule has 0 saturated carbocycles. The molecule has 20 nitrogen and oxygen atoms in total. The first-order valence-corrected chi connectivity index (χ1v) is 26.7. The second-order valence-corrected chi connectivity index (χ2v) is 21.3. The summed E-state index contributed by atoms with van der Waals surface area (Å²) in [6, 6.07) is 15.1. The Labute approximate surface area is 451 Å². The number of nitrogens with zero attached hydrogens (tertiary/aromatic N) is 8. The van der Waals surface area contributed by atoms with Crippen LogP contribution in [0.5, 0.6) is 0 Å². The number of carbonyl (C=O) groups is 5. The minimum absolute atomic E-state index is 0.0585. The van der Waals surface area contributed by atoms with Crippen LogP contribution in [0.2, 0.25) is 0 Å². The number of aromatic nitrogens is 3. The van der Waals surface area contributed by atoms with E-state index in [4.69, 9.17) is 15.2 Å². The van der Waals surface area contributed by atoms with Crippen molar-refractivity contribution in [3.63, 3.8) is 0 Å². The van der Waals surface area contributed by atoms with Crippen molar-refractivity contribution in [1.29, 1.82) is 5.26 Å². The van der Waals surface area contributed by atoms with Gasteiger partial charge in [0.15, 0.2) is 5.69 Å². The zero-order chi connectivity index (χ0) is 55.6. The van der Waals surface area contributed by atoms with Crippen LogP contribution in [0.4, 0.5) is 15.9 Å². The largest absolute Gasteiger partial charge is 0.382 e. The van der Waals surface area contributed by atoms with Crippen LogP contribution in [-0.2, 0) is 41.7 Å². The number of amides is 5. The molecule has 2 saturated heterocycles. The van der Waals surface area contributed by atoms with Gasteiger partial charge in [-0.15, -0.1) is 0 Å². The predicted molar refractivity (Wildman–Crippen MR) is 289 cm³/mol. The van der Waals surface area contributed by atoms with Crippen LogP contribution < -0.4 is 31.9 Å². The summed E-state index contributed by atoms with van der Waals surface area (Å²) >= 11 is 0. The summed E-state index contributed by atoms with van der Waals surface area (Å²) in [5.74, 6) is -1.53. The first-order chi connectivity index (χ1) is 36.8. The summed E-state index contributed by atoms with van der Waals surface area (Å²) in [5.41, 5.74) is 10.2. The molecule has 21 heteroatoms. The molecule has 2 fully saturated rings. The van der Waals surface area contributed by atoms with Gasteiger partial charge >= 0.3 is 0 Å². The Kier molecular flexibility index (Phi) is 19.4. The van der Waals surface area contributed by atoms with E-state index in [2.05, 4.69) is 42.3 Å². The number of nitrogens with two attached hydrogens (primary N) is 1. The second kappa shape index (κ2) is 25.9. The number of rotatable bonds is 21. The van der Waals surface area contributed by atoms with Gasteiger partial charge in [0.05, 0.1) is 75.4 Å². The minimum atomic E-state index is -0.875. The predicted octanol–water partition coefficient (Wildman–Crippen LogP) is 4.31. The number of nitrogens with one attached hydrogen (secondary N) is 4. The Hall–Kier alpha value is -6.99. The van der Waals surface area contributed by atoms with Crippen LogP contribution in [0.15, 0.2) is 60.8 Å². The van der Waals surface area contributed by atoms with Crippen LogP contribution in [0.1, 0.15) is 112 Å². The van der Waals surface area contributed by atoms with Gasteiger partial charge in [-0.2, -0.15) is 10.4 Å². The van der Waals surface area contributed by atoms with Crippen LogP contribution in [0, 0.1) is 22.6 Å². The molecule has 5 heterocycles. The molecule has 0 spiro atoms. The van der Waals surface area contributed by atoms with Gasteiger partial charge in [0.1, 0.15) is 29.8 Å². The SMILES string of the molecule is CC[C@H](NC(=O)[C@H]1C[C@@H](NCCOCCOCCC(=O)N(C)CCn2nc(C#N)c3c2CN(C)C(=O)c2ccc(F)cc2[C@H]2CCCN2c2cc-3cnc2N)CN1C(=O)[C@H](NC(=O)[C@@H](C)NC)C(C)(C)C)c1ccccc1. The number of pyridine rings is 1. The Morgan fingerprint density at radius 3 is 2.48 bits per heavy atom. The molecule has 2 aromatic heterocycles. The number of benzene rings is 2. The number of nitriles is 1. The maximum absolute atomic E-state index is 14.8. The third-order valence-corrected chi connectivity index (χ3v) is 14.9. The van der Waals surface area contributed by atoms with Crippen LogP contribution in [0.25, 0.3) is 11.1 Å². The number of halogens is 1. The van der Waals surface area contributed by atoms with Crippen molar-refractivity contribution in [2.45, 2.75) is 116 Å². The number of anilines is 2. The highest BCUT2D eigenvalue weighted by molar-refractivity contribution is 5.96. The number of ether oxygens (including phenoxy) is 2. The third kappa shape index (κ3) is 13.8. The van der Waals surface area contributed by atoms with Gasteiger partial charge in [0, 0.05) is 69.2 Å². The summed E-state index contributed by atoms with van der Waals surface area (Å²) in [6.45, 7) is 12.2. The smallest absolute Gasteiger partial charge is 0.254 e. The quantitative estimate of drug-likeness (QED) is 0.0731. The average molecular weight is 1060 g/mol. The lowest BCUT2D eigenvalue weighted by molar-refractivity contribution is -0.144. The first kappa shape index (κ1) is 57.7. The number of fused-ring (bicyclic) bond motifs is 8. The molecular formula is C56H76FN13O7. The highest BCUT2D eigenvalue weighted by atomic mass is 19.1. The molecule has 4 aromatic rings. The highest BCUT2D eigenvalue weighted by Crippen LogP contribution is 2.43. The number of likely N-dealkylation sites (tertiary alicyclic amines) is 1. The first-order valence-electron chi connectivity index (χ1n) is 26.7. The number of likely N-dealkylation sites (N-methyl/N-ethyl adjacent to an activating group) is 2. The van der Waals surface area contributed by atoms with Crippen molar-refractivity contribution >= 4 is 41.0 Å². The van der Waals surface area contributed by atoms with Crippen molar-refractivity contribution in [2.75, 3.05) is 84.4 Å². The van der Waals surface area contributed by atoms with Gasteiger partial charge in [0.25, 0.3) is 5.91 Å². The molecule has 3 aliphatic rings. The van der Waals surface area contributed by atoms with Crippen LogP contribution >= 0.6 is 0 Å². The molecule has 414 valence electrons. The maximum Gasteiger partial charge on any atom is 0.254 e. The number of nitrogen functional groups attached to an aromatic ring is 1. The van der Waals surface area contributed by atoms with Crippen molar-refractivity contribution in [2.24, 2.45) is 5.41 Å². The summed E-state index contributed by atoms with van der Waals surface area (Å²) in [4.78, 5) is 80.3. The fourth-order valence-corrected chi connectivity index (χ4v) is 10.4. The van der Waals surface area contributed by atoms with E-state index in [0.717, 1.165) is 12.0 Å². The van der Waals surface area contributed by atoms with Gasteiger partial charge in [-0.1, -0.05) is 58.0 Å². The number of hydrogen-bond acceptors (Lipinski definition) is 14. The van der Waals surface area contributed by atoms with E-state index in [9.17, 15) is 33.6 Å². The summed E-state index contributed by atoms with van der Waals surface area (Å²) in [6.07, 6.45) is 4.22. The Balaban J connectivity index is 0.903. The molecule has 6 atom stereocenters. The molecule has 77 heavy (non-hydrogen) atoms. The van der Waals surface area contributed by atoms with Crippen molar-refractivity contribution < 1.29 is 37.8 Å². The number of carbonyl (C=O) groups excluding carboxylic acids is 5. The van der Waals surface area contributed by atoms with Gasteiger partial charge in [0.2, 0.25) is 23.6 Å². The Morgan fingerprint density at radius 2 is 1.78 bits per heavy atom. The summed E-state index contributed by atoms with van der Waals surface area (Å²) in [7, 11) is 5.02. The summed E-state index contributed by atoms with van der Waals surface area (Å²) in [5, 5.41) is 27.6.